The third-order valence-electron chi connectivity index (χ3n) is 2.22. The van der Waals surface area contributed by atoms with Crippen molar-refractivity contribution in [1.29, 1.82) is 0 Å². The van der Waals surface area contributed by atoms with Crippen molar-refractivity contribution in [2.24, 2.45) is 0 Å². The second-order valence-corrected chi connectivity index (χ2v) is 3.40. The molecule has 0 aliphatic carbocycles. The highest BCUT2D eigenvalue weighted by molar-refractivity contribution is 6.16. The van der Waals surface area contributed by atoms with E-state index < -0.39 is 5.97 Å². The van der Waals surface area contributed by atoms with E-state index in [0.717, 1.165) is 0 Å². The van der Waals surface area contributed by atoms with Crippen LogP contribution in [0.5, 0.6) is 0 Å². The molecule has 0 saturated heterocycles. The highest BCUT2D eigenvalue weighted by Crippen LogP contribution is 2.19. The van der Waals surface area contributed by atoms with Crippen molar-refractivity contribution < 1.29 is 9.90 Å². The Bertz CT molecular complexity index is 383. The Morgan fingerprint density at radius 3 is 2.27 bits per heavy atom. The summed E-state index contributed by atoms with van der Waals surface area (Å²) in [4.78, 5) is 16.8. The van der Waals surface area contributed by atoms with E-state index in [2.05, 4.69) is 4.98 Å². The standard InChI is InChI=1S/C11H14N2O2/c1-8(13(2)3)10(11(14)15)9-4-6-12-7-5-9/h4-7H,1-3H3,(H,14,15). The molecule has 0 aromatic carbocycles. The number of hydrogen-bond acceptors (Lipinski definition) is 3. The Hall–Kier alpha value is -1.84. The molecular formula is C11H14N2O2. The van der Waals surface area contributed by atoms with Crippen LogP contribution in [-0.2, 0) is 4.79 Å². The van der Waals surface area contributed by atoms with Crippen LogP contribution in [-0.4, -0.2) is 35.1 Å². The quantitative estimate of drug-likeness (QED) is 0.761. The summed E-state index contributed by atoms with van der Waals surface area (Å²) in [5, 5.41) is 9.14. The zero-order chi connectivity index (χ0) is 11.4. The van der Waals surface area contributed by atoms with Crippen molar-refractivity contribution in [3.63, 3.8) is 0 Å². The molecule has 80 valence electrons. The van der Waals surface area contributed by atoms with Crippen molar-refractivity contribution in [1.82, 2.24) is 9.88 Å². The minimum atomic E-state index is -0.924. The van der Waals surface area contributed by atoms with E-state index in [1.54, 1.807) is 36.4 Å². The largest absolute Gasteiger partial charge is 0.478 e. The fourth-order valence-electron chi connectivity index (χ4n) is 1.23. The Kier molecular flexibility index (Phi) is 3.44. The molecule has 4 heteroatoms. The van der Waals surface area contributed by atoms with Crippen molar-refractivity contribution >= 4 is 11.5 Å². The molecule has 1 aromatic rings. The number of rotatable bonds is 3. The maximum atomic E-state index is 11.1. The summed E-state index contributed by atoms with van der Waals surface area (Å²) < 4.78 is 0. The number of carboxylic acids is 1. The average molecular weight is 206 g/mol. The van der Waals surface area contributed by atoms with Crippen LogP contribution in [0.1, 0.15) is 12.5 Å². The molecule has 15 heavy (non-hydrogen) atoms. The molecule has 0 bridgehead atoms. The van der Waals surface area contributed by atoms with E-state index in [1.807, 2.05) is 14.1 Å². The van der Waals surface area contributed by atoms with Crippen molar-refractivity contribution in [3.05, 3.63) is 35.8 Å². The Morgan fingerprint density at radius 2 is 1.87 bits per heavy atom. The zero-order valence-electron chi connectivity index (χ0n) is 9.06. The zero-order valence-corrected chi connectivity index (χ0v) is 9.06. The molecule has 1 N–H and O–H groups in total. The fraction of sp³-hybridized carbons (Fsp3) is 0.273. The molecule has 0 atom stereocenters. The summed E-state index contributed by atoms with van der Waals surface area (Å²) in [7, 11) is 3.64. The van der Waals surface area contributed by atoms with Crippen molar-refractivity contribution in [2.75, 3.05) is 14.1 Å². The van der Waals surface area contributed by atoms with Gasteiger partial charge in [0.1, 0.15) is 0 Å². The van der Waals surface area contributed by atoms with Crippen LogP contribution in [0.2, 0.25) is 0 Å². The molecule has 0 spiro atoms. The van der Waals surface area contributed by atoms with E-state index in [-0.39, 0.29) is 0 Å². The summed E-state index contributed by atoms with van der Waals surface area (Å²) in [6.07, 6.45) is 3.17. The number of carboxylic acid groups (broad SMARTS) is 1. The summed E-state index contributed by atoms with van der Waals surface area (Å²) >= 11 is 0. The normalized spacial score (nSPS) is 11.9. The van der Waals surface area contributed by atoms with Crippen LogP contribution >= 0.6 is 0 Å². The van der Waals surface area contributed by atoms with Crippen LogP contribution in [0.4, 0.5) is 0 Å². The summed E-state index contributed by atoms with van der Waals surface area (Å²) in [5.74, 6) is -0.924. The van der Waals surface area contributed by atoms with Gasteiger partial charge in [0.25, 0.3) is 0 Å². The van der Waals surface area contributed by atoms with Gasteiger partial charge in [-0.3, -0.25) is 4.98 Å². The minimum Gasteiger partial charge on any atom is -0.478 e. The van der Waals surface area contributed by atoms with E-state index >= 15 is 0 Å². The first kappa shape index (κ1) is 11.2. The van der Waals surface area contributed by atoms with E-state index in [9.17, 15) is 4.79 Å². The smallest absolute Gasteiger partial charge is 0.338 e. The van der Waals surface area contributed by atoms with Gasteiger partial charge in [-0.2, -0.15) is 0 Å². The number of aromatic nitrogens is 1. The topological polar surface area (TPSA) is 53.4 Å². The minimum absolute atomic E-state index is 0.308. The van der Waals surface area contributed by atoms with Gasteiger partial charge in [-0.15, -0.1) is 0 Å². The van der Waals surface area contributed by atoms with Gasteiger partial charge in [0.15, 0.2) is 0 Å². The third-order valence-corrected chi connectivity index (χ3v) is 2.22. The molecule has 0 aliphatic rings. The Balaban J connectivity index is 3.27. The van der Waals surface area contributed by atoms with Gasteiger partial charge in [0, 0.05) is 32.2 Å². The highest BCUT2D eigenvalue weighted by atomic mass is 16.4. The second-order valence-electron chi connectivity index (χ2n) is 3.40. The fourth-order valence-corrected chi connectivity index (χ4v) is 1.23. The molecule has 1 rings (SSSR count). The first-order valence-corrected chi connectivity index (χ1v) is 4.56. The third kappa shape index (κ3) is 2.56. The van der Waals surface area contributed by atoms with E-state index in [1.165, 1.54) is 0 Å². The lowest BCUT2D eigenvalue weighted by molar-refractivity contribution is -0.130. The number of carbonyl (C=O) groups is 1. The van der Waals surface area contributed by atoms with Gasteiger partial charge in [-0.1, -0.05) is 0 Å². The SMILES string of the molecule is CC(=C(C(=O)O)c1ccncc1)N(C)C. The van der Waals surface area contributed by atoms with Crippen LogP contribution in [0.25, 0.3) is 5.57 Å². The van der Waals surface area contributed by atoms with Gasteiger partial charge in [-0.05, 0) is 24.6 Å². The van der Waals surface area contributed by atoms with Gasteiger partial charge < -0.3 is 10.0 Å². The first-order chi connectivity index (χ1) is 7.04. The molecule has 0 aliphatic heterocycles. The first-order valence-electron chi connectivity index (χ1n) is 4.56. The van der Waals surface area contributed by atoms with E-state index in [0.29, 0.717) is 16.8 Å². The predicted octanol–water partition coefficient (Wildman–Crippen LogP) is 1.46. The Labute approximate surface area is 88.9 Å². The predicted molar refractivity (Wildman–Crippen MR) is 58.2 cm³/mol. The van der Waals surface area contributed by atoms with Crippen molar-refractivity contribution in [2.45, 2.75) is 6.92 Å². The second kappa shape index (κ2) is 4.59. The van der Waals surface area contributed by atoms with Gasteiger partial charge in [-0.25, -0.2) is 4.79 Å². The van der Waals surface area contributed by atoms with Crippen molar-refractivity contribution in [3.8, 4) is 0 Å². The molecule has 0 saturated carbocycles. The van der Waals surface area contributed by atoms with Crippen LogP contribution in [0.15, 0.2) is 30.2 Å². The lowest BCUT2D eigenvalue weighted by Crippen LogP contribution is -2.14. The van der Waals surface area contributed by atoms with Gasteiger partial charge in [0.2, 0.25) is 0 Å². The highest BCUT2D eigenvalue weighted by Gasteiger charge is 2.14. The molecule has 0 fully saturated rings. The molecule has 1 aromatic heterocycles. The molecule has 4 nitrogen and oxygen atoms in total. The van der Waals surface area contributed by atoms with E-state index in [4.69, 9.17) is 5.11 Å². The number of nitrogens with zero attached hydrogens (tertiary/aromatic N) is 2. The van der Waals surface area contributed by atoms with Gasteiger partial charge >= 0.3 is 5.97 Å². The lowest BCUT2D eigenvalue weighted by Gasteiger charge is -2.16. The molecule has 1 heterocycles. The molecule has 0 amide bonds. The summed E-state index contributed by atoms with van der Waals surface area (Å²) in [6.45, 7) is 1.78. The monoisotopic (exact) mass is 206 g/mol. The Morgan fingerprint density at radius 1 is 1.33 bits per heavy atom. The summed E-state index contributed by atoms with van der Waals surface area (Å²) in [5.41, 5.74) is 1.69. The number of allylic oxidation sites excluding steroid dienone is 1. The molecule has 0 radical (unpaired) electrons. The van der Waals surface area contributed by atoms with Crippen LogP contribution in [0.3, 0.4) is 0 Å². The number of aliphatic carboxylic acids is 1. The molecular weight excluding hydrogens is 192 g/mol. The lowest BCUT2D eigenvalue weighted by atomic mass is 10.1. The van der Waals surface area contributed by atoms with Gasteiger partial charge in [0.05, 0.1) is 5.57 Å². The maximum absolute atomic E-state index is 11.1. The van der Waals surface area contributed by atoms with Crippen LogP contribution in [0, 0.1) is 0 Å². The number of hydrogen-bond donors (Lipinski definition) is 1. The number of pyridine rings is 1. The summed E-state index contributed by atoms with van der Waals surface area (Å²) in [6, 6.07) is 3.38. The average Bonchev–Trinajstić information content (AvgIpc) is 2.18. The molecule has 0 unspecified atom stereocenters. The van der Waals surface area contributed by atoms with Crippen LogP contribution < -0.4 is 0 Å². The maximum Gasteiger partial charge on any atom is 0.338 e.